The predicted octanol–water partition coefficient (Wildman–Crippen LogP) is 3.60. The molecule has 0 aliphatic carbocycles. The van der Waals surface area contributed by atoms with Crippen molar-refractivity contribution in [2.75, 3.05) is 19.7 Å². The van der Waals surface area contributed by atoms with Gasteiger partial charge in [-0.15, -0.1) is 0 Å². The number of hydrogen-bond donors (Lipinski definition) is 1. The summed E-state index contributed by atoms with van der Waals surface area (Å²) in [6, 6.07) is 8.89. The maximum atomic E-state index is 11.9. The molecule has 0 aliphatic heterocycles. The third-order valence-corrected chi connectivity index (χ3v) is 4.11. The summed E-state index contributed by atoms with van der Waals surface area (Å²) in [6.45, 7) is 16.8. The van der Waals surface area contributed by atoms with Gasteiger partial charge >= 0.3 is 0 Å². The molecule has 0 saturated heterocycles. The smallest absolute Gasteiger partial charge is 0.257 e. The SMILES string of the molecule is CC(C)N(CCNC(=O)COc1ccc(C(C)(C)C)cc1)C(C)C. The van der Waals surface area contributed by atoms with Gasteiger partial charge in [-0.2, -0.15) is 0 Å². The third kappa shape index (κ3) is 6.91. The summed E-state index contributed by atoms with van der Waals surface area (Å²) in [4.78, 5) is 14.3. The van der Waals surface area contributed by atoms with Crippen LogP contribution in [0.4, 0.5) is 0 Å². The molecule has 4 heteroatoms. The standard InChI is InChI=1S/C20H34N2O2/c1-15(2)22(16(3)4)13-12-21-19(23)14-24-18-10-8-17(9-11-18)20(5,6)7/h8-11,15-16H,12-14H2,1-7H3,(H,21,23). The highest BCUT2D eigenvalue weighted by atomic mass is 16.5. The van der Waals surface area contributed by atoms with Gasteiger partial charge in [-0.25, -0.2) is 0 Å². The Hall–Kier alpha value is -1.55. The number of rotatable bonds is 8. The molecule has 0 aliphatic rings. The molecule has 1 rings (SSSR count). The van der Waals surface area contributed by atoms with Crippen LogP contribution in [0.1, 0.15) is 54.0 Å². The van der Waals surface area contributed by atoms with Crippen molar-refractivity contribution in [1.29, 1.82) is 0 Å². The molecule has 0 heterocycles. The molecule has 0 spiro atoms. The first kappa shape index (κ1) is 20.5. The van der Waals surface area contributed by atoms with E-state index < -0.39 is 0 Å². The zero-order valence-electron chi connectivity index (χ0n) is 16.3. The highest BCUT2D eigenvalue weighted by molar-refractivity contribution is 5.77. The second kappa shape index (κ2) is 9.07. The Morgan fingerprint density at radius 1 is 1.08 bits per heavy atom. The number of carbonyl (C=O) groups excluding carboxylic acids is 1. The molecule has 0 bridgehead atoms. The lowest BCUT2D eigenvalue weighted by Crippen LogP contribution is -2.43. The monoisotopic (exact) mass is 334 g/mol. The summed E-state index contributed by atoms with van der Waals surface area (Å²) >= 11 is 0. The molecule has 136 valence electrons. The van der Waals surface area contributed by atoms with Crippen LogP contribution in [0.3, 0.4) is 0 Å². The fourth-order valence-corrected chi connectivity index (χ4v) is 2.69. The van der Waals surface area contributed by atoms with Gasteiger partial charge in [0.1, 0.15) is 5.75 Å². The first-order valence-electron chi connectivity index (χ1n) is 8.87. The van der Waals surface area contributed by atoms with E-state index in [-0.39, 0.29) is 17.9 Å². The molecular formula is C20H34N2O2. The molecule has 0 radical (unpaired) electrons. The fraction of sp³-hybridized carbons (Fsp3) is 0.650. The van der Waals surface area contributed by atoms with E-state index in [0.717, 1.165) is 12.3 Å². The Kier molecular flexibility index (Phi) is 7.74. The molecular weight excluding hydrogens is 300 g/mol. The van der Waals surface area contributed by atoms with Crippen LogP contribution in [-0.2, 0) is 10.2 Å². The van der Waals surface area contributed by atoms with Crippen LogP contribution in [0.15, 0.2) is 24.3 Å². The van der Waals surface area contributed by atoms with Gasteiger partial charge in [0.2, 0.25) is 0 Å². The van der Waals surface area contributed by atoms with Crippen molar-refractivity contribution in [1.82, 2.24) is 10.2 Å². The largest absolute Gasteiger partial charge is 0.484 e. The third-order valence-electron chi connectivity index (χ3n) is 4.11. The number of nitrogens with one attached hydrogen (secondary N) is 1. The maximum Gasteiger partial charge on any atom is 0.257 e. The fourth-order valence-electron chi connectivity index (χ4n) is 2.69. The molecule has 0 saturated carbocycles. The summed E-state index contributed by atoms with van der Waals surface area (Å²) in [7, 11) is 0. The zero-order valence-corrected chi connectivity index (χ0v) is 16.3. The first-order valence-corrected chi connectivity index (χ1v) is 8.87. The maximum absolute atomic E-state index is 11.9. The molecule has 0 aromatic heterocycles. The van der Waals surface area contributed by atoms with Crippen LogP contribution in [-0.4, -0.2) is 42.6 Å². The van der Waals surface area contributed by atoms with Gasteiger partial charge in [0.05, 0.1) is 0 Å². The first-order chi connectivity index (χ1) is 11.1. The highest BCUT2D eigenvalue weighted by Gasteiger charge is 2.14. The minimum atomic E-state index is -0.0811. The molecule has 24 heavy (non-hydrogen) atoms. The number of carbonyl (C=O) groups is 1. The van der Waals surface area contributed by atoms with Crippen molar-refractivity contribution in [2.45, 2.75) is 66.0 Å². The average Bonchev–Trinajstić information content (AvgIpc) is 2.48. The molecule has 1 N–H and O–H groups in total. The van der Waals surface area contributed by atoms with E-state index in [4.69, 9.17) is 4.74 Å². The zero-order chi connectivity index (χ0) is 18.3. The highest BCUT2D eigenvalue weighted by Crippen LogP contribution is 2.24. The van der Waals surface area contributed by atoms with Crippen LogP contribution < -0.4 is 10.1 Å². The van der Waals surface area contributed by atoms with E-state index in [0.29, 0.717) is 18.6 Å². The van der Waals surface area contributed by atoms with Crippen molar-refractivity contribution in [2.24, 2.45) is 0 Å². The van der Waals surface area contributed by atoms with Gasteiger partial charge in [0, 0.05) is 25.2 Å². The molecule has 4 nitrogen and oxygen atoms in total. The number of benzene rings is 1. The van der Waals surface area contributed by atoms with Crippen molar-refractivity contribution in [3.8, 4) is 5.75 Å². The molecule has 0 unspecified atom stereocenters. The second-order valence-electron chi connectivity index (χ2n) is 7.84. The lowest BCUT2D eigenvalue weighted by Gasteiger charge is -2.30. The summed E-state index contributed by atoms with van der Waals surface area (Å²) in [5.74, 6) is 0.645. The van der Waals surface area contributed by atoms with E-state index >= 15 is 0 Å². The van der Waals surface area contributed by atoms with Crippen LogP contribution >= 0.6 is 0 Å². The van der Waals surface area contributed by atoms with Gasteiger partial charge < -0.3 is 10.1 Å². The molecule has 0 fully saturated rings. The van der Waals surface area contributed by atoms with Gasteiger partial charge in [-0.05, 0) is 50.8 Å². The van der Waals surface area contributed by atoms with Crippen molar-refractivity contribution in [3.05, 3.63) is 29.8 Å². The van der Waals surface area contributed by atoms with Gasteiger partial charge in [0.15, 0.2) is 6.61 Å². The van der Waals surface area contributed by atoms with E-state index in [1.807, 2.05) is 12.1 Å². The minimum Gasteiger partial charge on any atom is -0.484 e. The molecule has 1 aromatic rings. The second-order valence-corrected chi connectivity index (χ2v) is 7.84. The van der Waals surface area contributed by atoms with Crippen LogP contribution in [0.2, 0.25) is 0 Å². The van der Waals surface area contributed by atoms with Crippen molar-refractivity contribution < 1.29 is 9.53 Å². The van der Waals surface area contributed by atoms with Gasteiger partial charge in [-0.3, -0.25) is 9.69 Å². The lowest BCUT2D eigenvalue weighted by molar-refractivity contribution is -0.123. The lowest BCUT2D eigenvalue weighted by atomic mass is 9.87. The summed E-state index contributed by atoms with van der Waals surface area (Å²) < 4.78 is 5.56. The van der Waals surface area contributed by atoms with Crippen LogP contribution in [0.5, 0.6) is 5.75 Å². The number of hydrogen-bond acceptors (Lipinski definition) is 3. The Bertz CT molecular complexity index is 493. The van der Waals surface area contributed by atoms with E-state index in [2.05, 4.69) is 70.8 Å². The summed E-state index contributed by atoms with van der Waals surface area (Å²) in [5, 5.41) is 2.92. The minimum absolute atomic E-state index is 0.0538. The van der Waals surface area contributed by atoms with E-state index in [9.17, 15) is 4.79 Å². The van der Waals surface area contributed by atoms with E-state index in [1.165, 1.54) is 5.56 Å². The quantitative estimate of drug-likeness (QED) is 0.790. The van der Waals surface area contributed by atoms with Crippen molar-refractivity contribution in [3.63, 3.8) is 0 Å². The topological polar surface area (TPSA) is 41.6 Å². The number of amides is 1. The molecule has 1 aromatic carbocycles. The van der Waals surface area contributed by atoms with Gasteiger partial charge in [-0.1, -0.05) is 32.9 Å². The molecule has 1 amide bonds. The Balaban J connectivity index is 2.36. The number of nitrogens with zero attached hydrogens (tertiary/aromatic N) is 1. The van der Waals surface area contributed by atoms with E-state index in [1.54, 1.807) is 0 Å². The normalized spacial score (nSPS) is 12.1. The van der Waals surface area contributed by atoms with Crippen LogP contribution in [0.25, 0.3) is 0 Å². The average molecular weight is 335 g/mol. The van der Waals surface area contributed by atoms with Crippen molar-refractivity contribution >= 4 is 5.91 Å². The van der Waals surface area contributed by atoms with Crippen LogP contribution in [0, 0.1) is 0 Å². The predicted molar refractivity (Wildman–Crippen MR) is 101 cm³/mol. The Morgan fingerprint density at radius 2 is 1.62 bits per heavy atom. The number of ether oxygens (including phenoxy) is 1. The van der Waals surface area contributed by atoms with Gasteiger partial charge in [0.25, 0.3) is 5.91 Å². The summed E-state index contributed by atoms with van der Waals surface area (Å²) in [5.41, 5.74) is 1.37. The summed E-state index contributed by atoms with van der Waals surface area (Å²) in [6.07, 6.45) is 0. The Morgan fingerprint density at radius 3 is 2.08 bits per heavy atom. The Labute approximate surface area is 147 Å². The molecule has 0 atom stereocenters.